The lowest BCUT2D eigenvalue weighted by atomic mass is 9.96. The van der Waals surface area contributed by atoms with E-state index in [0.29, 0.717) is 5.92 Å². The van der Waals surface area contributed by atoms with Crippen molar-refractivity contribution in [2.75, 3.05) is 26.2 Å². The van der Waals surface area contributed by atoms with Crippen molar-refractivity contribution < 1.29 is 0 Å². The molecular formula is C20H35N3. The average Bonchev–Trinajstić information content (AvgIpc) is 2.54. The molecule has 23 heavy (non-hydrogen) atoms. The second-order valence-electron chi connectivity index (χ2n) is 6.75. The highest BCUT2D eigenvalue weighted by molar-refractivity contribution is 5.87. The number of aliphatic imine (C=N–C) groups is 1. The van der Waals surface area contributed by atoms with E-state index in [4.69, 9.17) is 5.73 Å². The Morgan fingerprint density at radius 3 is 2.22 bits per heavy atom. The fourth-order valence-corrected chi connectivity index (χ4v) is 2.76. The van der Waals surface area contributed by atoms with Crippen molar-refractivity contribution in [2.45, 2.75) is 53.4 Å². The Hall–Kier alpha value is -1.35. The highest BCUT2D eigenvalue weighted by Gasteiger charge is 2.10. The van der Waals surface area contributed by atoms with Gasteiger partial charge in [-0.25, -0.2) is 0 Å². The monoisotopic (exact) mass is 317 g/mol. The van der Waals surface area contributed by atoms with Gasteiger partial charge in [-0.1, -0.05) is 58.9 Å². The molecule has 0 heterocycles. The van der Waals surface area contributed by atoms with Gasteiger partial charge in [-0.3, -0.25) is 4.99 Å². The van der Waals surface area contributed by atoms with Crippen molar-refractivity contribution in [1.82, 2.24) is 4.90 Å². The van der Waals surface area contributed by atoms with Crippen LogP contribution in [0.2, 0.25) is 0 Å². The Kier molecular flexibility index (Phi) is 8.93. The van der Waals surface area contributed by atoms with Crippen LogP contribution in [0.5, 0.6) is 0 Å². The van der Waals surface area contributed by atoms with E-state index in [2.05, 4.69) is 68.8 Å². The molecule has 3 heteroatoms. The molecule has 0 saturated carbocycles. The molecule has 3 nitrogen and oxygen atoms in total. The molecule has 0 radical (unpaired) electrons. The number of nitrogens with two attached hydrogens (primary N) is 1. The first-order valence-corrected chi connectivity index (χ1v) is 9.08. The van der Waals surface area contributed by atoms with Gasteiger partial charge in [0.15, 0.2) is 0 Å². The van der Waals surface area contributed by atoms with Crippen LogP contribution in [0.25, 0.3) is 0 Å². The molecule has 1 atom stereocenters. The van der Waals surface area contributed by atoms with Crippen LogP contribution in [0.3, 0.4) is 0 Å². The lowest BCUT2D eigenvalue weighted by molar-refractivity contribution is 0.302. The fraction of sp³-hybridized carbons (Fsp3) is 0.650. The van der Waals surface area contributed by atoms with E-state index in [0.717, 1.165) is 44.9 Å². The summed E-state index contributed by atoms with van der Waals surface area (Å²) in [6.07, 6.45) is 2.20. The molecule has 1 unspecified atom stereocenters. The predicted molar refractivity (Wildman–Crippen MR) is 102 cm³/mol. The number of hydrogen-bond acceptors (Lipinski definition) is 2. The summed E-state index contributed by atoms with van der Waals surface area (Å²) < 4.78 is 0. The van der Waals surface area contributed by atoms with Crippen molar-refractivity contribution >= 4 is 5.84 Å². The summed E-state index contributed by atoms with van der Waals surface area (Å²) in [4.78, 5) is 7.00. The summed E-state index contributed by atoms with van der Waals surface area (Å²) >= 11 is 0. The Morgan fingerprint density at radius 1 is 1.09 bits per heavy atom. The van der Waals surface area contributed by atoms with Crippen LogP contribution in [0.1, 0.15) is 58.1 Å². The third kappa shape index (κ3) is 7.17. The summed E-state index contributed by atoms with van der Waals surface area (Å²) in [6.45, 7) is 15.2. The highest BCUT2D eigenvalue weighted by atomic mass is 15.1. The van der Waals surface area contributed by atoms with Gasteiger partial charge in [0.05, 0.1) is 0 Å². The summed E-state index contributed by atoms with van der Waals surface area (Å²) in [6, 6.07) is 8.83. The first-order chi connectivity index (χ1) is 11.0. The minimum absolute atomic E-state index is 0.191. The summed E-state index contributed by atoms with van der Waals surface area (Å²) in [7, 11) is 0. The van der Waals surface area contributed by atoms with Gasteiger partial charge in [-0.15, -0.1) is 0 Å². The molecule has 0 saturated heterocycles. The van der Waals surface area contributed by atoms with Gasteiger partial charge in [0.1, 0.15) is 5.84 Å². The highest BCUT2D eigenvalue weighted by Crippen LogP contribution is 2.17. The molecule has 130 valence electrons. The SMILES string of the molecule is CCN(CC)CCCN=C(N)C(C)c1ccc(CC(C)C)cc1. The van der Waals surface area contributed by atoms with E-state index in [1.807, 2.05) is 0 Å². The molecule has 0 aliphatic heterocycles. The van der Waals surface area contributed by atoms with Gasteiger partial charge < -0.3 is 10.6 Å². The van der Waals surface area contributed by atoms with Gasteiger partial charge in [0, 0.05) is 12.5 Å². The molecule has 0 fully saturated rings. The number of amidine groups is 1. The van der Waals surface area contributed by atoms with E-state index < -0.39 is 0 Å². The Morgan fingerprint density at radius 2 is 1.70 bits per heavy atom. The second kappa shape index (κ2) is 10.4. The van der Waals surface area contributed by atoms with Crippen molar-refractivity contribution in [2.24, 2.45) is 16.6 Å². The third-order valence-electron chi connectivity index (χ3n) is 4.39. The smallest absolute Gasteiger partial charge is 0.101 e. The molecule has 0 spiro atoms. The van der Waals surface area contributed by atoms with Crippen LogP contribution < -0.4 is 5.73 Å². The normalized spacial score (nSPS) is 13.8. The van der Waals surface area contributed by atoms with Gasteiger partial charge in [-0.2, -0.15) is 0 Å². The summed E-state index contributed by atoms with van der Waals surface area (Å²) in [5.74, 6) is 1.63. The van der Waals surface area contributed by atoms with Crippen LogP contribution in [0.4, 0.5) is 0 Å². The quantitative estimate of drug-likeness (QED) is 0.401. The molecule has 0 bridgehead atoms. The zero-order valence-electron chi connectivity index (χ0n) is 15.7. The van der Waals surface area contributed by atoms with Gasteiger partial charge >= 0.3 is 0 Å². The van der Waals surface area contributed by atoms with Crippen molar-refractivity contribution in [3.63, 3.8) is 0 Å². The van der Waals surface area contributed by atoms with E-state index in [1.165, 1.54) is 11.1 Å². The van der Waals surface area contributed by atoms with Crippen LogP contribution in [0.15, 0.2) is 29.3 Å². The lowest BCUT2D eigenvalue weighted by Crippen LogP contribution is -2.25. The number of nitrogens with zero attached hydrogens (tertiary/aromatic N) is 2. The Labute approximate surface area is 143 Å². The van der Waals surface area contributed by atoms with Crippen molar-refractivity contribution in [3.05, 3.63) is 35.4 Å². The lowest BCUT2D eigenvalue weighted by Gasteiger charge is -2.17. The standard InChI is InChI=1S/C20H35N3/c1-6-23(7-2)14-8-13-22-20(21)17(5)19-11-9-18(10-12-19)15-16(3)4/h9-12,16-17H,6-8,13-15H2,1-5H3,(H2,21,22). The molecule has 0 amide bonds. The van der Waals surface area contributed by atoms with Crippen LogP contribution in [-0.4, -0.2) is 36.9 Å². The molecule has 1 aromatic carbocycles. The minimum atomic E-state index is 0.191. The van der Waals surface area contributed by atoms with Crippen molar-refractivity contribution in [1.29, 1.82) is 0 Å². The van der Waals surface area contributed by atoms with Crippen LogP contribution in [-0.2, 0) is 6.42 Å². The first-order valence-electron chi connectivity index (χ1n) is 9.08. The fourth-order valence-electron chi connectivity index (χ4n) is 2.76. The maximum absolute atomic E-state index is 6.19. The van der Waals surface area contributed by atoms with E-state index in [1.54, 1.807) is 0 Å². The summed E-state index contributed by atoms with van der Waals surface area (Å²) in [5.41, 5.74) is 8.83. The average molecular weight is 318 g/mol. The first kappa shape index (κ1) is 19.7. The largest absolute Gasteiger partial charge is 0.387 e. The Balaban J connectivity index is 2.51. The molecule has 0 aliphatic rings. The topological polar surface area (TPSA) is 41.6 Å². The number of hydrogen-bond donors (Lipinski definition) is 1. The van der Waals surface area contributed by atoms with E-state index in [-0.39, 0.29) is 5.92 Å². The maximum atomic E-state index is 6.19. The molecule has 0 aliphatic carbocycles. The third-order valence-corrected chi connectivity index (χ3v) is 4.39. The zero-order valence-corrected chi connectivity index (χ0v) is 15.7. The van der Waals surface area contributed by atoms with Gasteiger partial charge in [0.25, 0.3) is 0 Å². The predicted octanol–water partition coefficient (Wildman–Crippen LogP) is 4.08. The molecule has 0 aromatic heterocycles. The minimum Gasteiger partial charge on any atom is -0.387 e. The number of benzene rings is 1. The van der Waals surface area contributed by atoms with Crippen LogP contribution in [0, 0.1) is 5.92 Å². The Bertz CT molecular complexity index is 458. The maximum Gasteiger partial charge on any atom is 0.101 e. The van der Waals surface area contributed by atoms with Gasteiger partial charge in [0.2, 0.25) is 0 Å². The van der Waals surface area contributed by atoms with Gasteiger partial charge in [-0.05, 0) is 49.5 Å². The molecule has 2 N–H and O–H groups in total. The summed E-state index contributed by atoms with van der Waals surface area (Å²) in [5, 5.41) is 0. The second-order valence-corrected chi connectivity index (χ2v) is 6.75. The molecule has 1 aromatic rings. The van der Waals surface area contributed by atoms with Crippen molar-refractivity contribution in [3.8, 4) is 0 Å². The number of rotatable bonds is 10. The molecular weight excluding hydrogens is 282 g/mol. The molecule has 1 rings (SSSR count). The zero-order chi connectivity index (χ0) is 17.2. The van der Waals surface area contributed by atoms with E-state index >= 15 is 0 Å². The van der Waals surface area contributed by atoms with E-state index in [9.17, 15) is 0 Å². The van der Waals surface area contributed by atoms with Crippen LogP contribution >= 0.6 is 0 Å².